The molecule has 5 rings (SSSR count). The summed E-state index contributed by atoms with van der Waals surface area (Å²) >= 11 is 0. The Morgan fingerprint density at radius 1 is 1.03 bits per heavy atom. The van der Waals surface area contributed by atoms with Crippen LogP contribution < -0.4 is 15.2 Å². The van der Waals surface area contributed by atoms with E-state index in [1.807, 2.05) is 6.92 Å². The van der Waals surface area contributed by atoms with E-state index in [1.165, 1.54) is 15.5 Å². The zero-order chi connectivity index (χ0) is 21.5. The van der Waals surface area contributed by atoms with Crippen LogP contribution in [0.1, 0.15) is 12.6 Å². The second-order valence-corrected chi connectivity index (χ2v) is 7.15. The van der Waals surface area contributed by atoms with E-state index in [-0.39, 0.29) is 12.1 Å². The van der Waals surface area contributed by atoms with Crippen molar-refractivity contribution in [1.29, 1.82) is 0 Å². The van der Waals surface area contributed by atoms with Crippen LogP contribution in [0.25, 0.3) is 5.65 Å². The maximum absolute atomic E-state index is 13.1. The summed E-state index contributed by atoms with van der Waals surface area (Å²) in [6.45, 7) is 2.48. The predicted octanol–water partition coefficient (Wildman–Crippen LogP) is 1.59. The Balaban J connectivity index is 1.40. The van der Waals surface area contributed by atoms with Gasteiger partial charge in [-0.25, -0.2) is 9.88 Å². The predicted molar refractivity (Wildman–Crippen MR) is 110 cm³/mol. The molecule has 2 amide bonds. The van der Waals surface area contributed by atoms with Crippen LogP contribution in [0.2, 0.25) is 0 Å². The number of anilines is 1. The van der Waals surface area contributed by atoms with Crippen LogP contribution in [0, 0.1) is 0 Å². The molecule has 0 radical (unpaired) electrons. The van der Waals surface area contributed by atoms with Crippen molar-refractivity contribution in [2.24, 2.45) is 10.3 Å². The van der Waals surface area contributed by atoms with Gasteiger partial charge in [-0.3, -0.25) is 23.8 Å². The summed E-state index contributed by atoms with van der Waals surface area (Å²) < 4.78 is 6.84. The number of carbonyl (C=O) groups is 2. The number of imide groups is 1. The molecule has 0 saturated carbocycles. The van der Waals surface area contributed by atoms with Crippen molar-refractivity contribution >= 4 is 23.1 Å². The molecule has 0 N–H and O–H groups in total. The third-order valence-electron chi connectivity index (χ3n) is 5.21. The van der Waals surface area contributed by atoms with Crippen molar-refractivity contribution < 1.29 is 14.3 Å². The van der Waals surface area contributed by atoms with Crippen LogP contribution in [0.4, 0.5) is 5.69 Å². The molecule has 2 aliphatic rings. The minimum atomic E-state index is -0.916. The lowest BCUT2D eigenvalue weighted by Gasteiger charge is -2.20. The molecule has 1 saturated heterocycles. The number of benzene rings is 1. The third-order valence-corrected chi connectivity index (χ3v) is 5.21. The van der Waals surface area contributed by atoms with Crippen LogP contribution in [-0.4, -0.2) is 44.9 Å². The van der Waals surface area contributed by atoms with E-state index < -0.39 is 23.9 Å². The summed E-state index contributed by atoms with van der Waals surface area (Å²) in [6.07, 6.45) is 1.63. The Morgan fingerprint density at radius 2 is 1.84 bits per heavy atom. The highest BCUT2D eigenvalue weighted by atomic mass is 16.5. The highest BCUT2D eigenvalue weighted by molar-refractivity contribution is 6.25. The van der Waals surface area contributed by atoms with E-state index in [4.69, 9.17) is 4.74 Å². The molecule has 10 heteroatoms. The molecule has 2 aliphatic heterocycles. The molecule has 0 spiro atoms. The lowest BCUT2D eigenvalue weighted by molar-refractivity contribution is -0.123. The highest BCUT2D eigenvalue weighted by Crippen LogP contribution is 2.33. The standard InChI is InChI=1S/C21H18N6O4/c1-2-31-15-8-6-14(7-9-15)27-20(29)18-19(21(27)30)26(24-23-18)12-13-11-17(28)25-10-4-3-5-16(25)22-13/h3-11,18-19H,2,12H2,1H3/t18-,19-/m1/s1. The van der Waals surface area contributed by atoms with Crippen LogP contribution in [0.3, 0.4) is 0 Å². The topological polar surface area (TPSA) is 109 Å². The van der Waals surface area contributed by atoms with Crippen LogP contribution in [-0.2, 0) is 16.1 Å². The number of pyridine rings is 1. The molecule has 4 heterocycles. The average molecular weight is 418 g/mol. The molecule has 10 nitrogen and oxygen atoms in total. The molecule has 3 aromatic rings. The van der Waals surface area contributed by atoms with Crippen molar-refractivity contribution in [1.82, 2.24) is 14.4 Å². The first-order valence-corrected chi connectivity index (χ1v) is 9.82. The maximum atomic E-state index is 13.1. The van der Waals surface area contributed by atoms with Gasteiger partial charge in [-0.05, 0) is 43.3 Å². The quantitative estimate of drug-likeness (QED) is 0.582. The Kier molecular flexibility index (Phi) is 4.46. The summed E-state index contributed by atoms with van der Waals surface area (Å²) in [4.78, 5) is 43.9. The zero-order valence-electron chi connectivity index (χ0n) is 16.6. The molecule has 31 heavy (non-hydrogen) atoms. The number of hydrogen-bond acceptors (Lipinski definition) is 8. The van der Waals surface area contributed by atoms with Crippen LogP contribution in [0.5, 0.6) is 5.75 Å². The summed E-state index contributed by atoms with van der Waals surface area (Å²) in [5.74, 6) is -0.195. The molecule has 2 aromatic heterocycles. The third kappa shape index (κ3) is 3.12. The number of aromatic nitrogens is 2. The minimum absolute atomic E-state index is 0.0848. The van der Waals surface area contributed by atoms with Gasteiger partial charge in [0, 0.05) is 12.3 Å². The van der Waals surface area contributed by atoms with Gasteiger partial charge in [0.1, 0.15) is 11.4 Å². The van der Waals surface area contributed by atoms with Gasteiger partial charge in [0.2, 0.25) is 0 Å². The Labute approximate surface area is 176 Å². The van der Waals surface area contributed by atoms with E-state index in [2.05, 4.69) is 15.3 Å². The Morgan fingerprint density at radius 3 is 2.61 bits per heavy atom. The average Bonchev–Trinajstić information content (AvgIpc) is 3.29. The fourth-order valence-corrected chi connectivity index (χ4v) is 3.82. The van der Waals surface area contributed by atoms with E-state index in [1.54, 1.807) is 48.7 Å². The summed E-state index contributed by atoms with van der Waals surface area (Å²) in [5.41, 5.74) is 1.14. The summed E-state index contributed by atoms with van der Waals surface area (Å²) in [7, 11) is 0. The molecule has 0 bridgehead atoms. The summed E-state index contributed by atoms with van der Waals surface area (Å²) in [6, 6.07) is 11.6. The minimum Gasteiger partial charge on any atom is -0.494 e. The van der Waals surface area contributed by atoms with E-state index >= 15 is 0 Å². The van der Waals surface area contributed by atoms with Gasteiger partial charge in [-0.2, -0.15) is 5.11 Å². The van der Waals surface area contributed by atoms with Gasteiger partial charge < -0.3 is 4.74 Å². The first-order valence-electron chi connectivity index (χ1n) is 9.82. The van der Waals surface area contributed by atoms with Gasteiger partial charge >= 0.3 is 0 Å². The fourth-order valence-electron chi connectivity index (χ4n) is 3.82. The lowest BCUT2D eigenvalue weighted by atomic mass is 10.1. The normalized spacial score (nSPS) is 20.0. The first kappa shape index (κ1) is 18.9. The monoisotopic (exact) mass is 418 g/mol. The molecule has 0 unspecified atom stereocenters. The smallest absolute Gasteiger partial charge is 0.263 e. The molecule has 156 valence electrons. The number of hydrogen-bond donors (Lipinski definition) is 0. The number of fused-ring (bicyclic) bond motifs is 2. The van der Waals surface area contributed by atoms with Crippen molar-refractivity contribution in [3.63, 3.8) is 0 Å². The number of amides is 2. The SMILES string of the molecule is CCOc1ccc(N2C(=O)[C@@H]3N=NN(Cc4cc(=O)n5ccccc5n4)[C@H]3C2=O)cc1. The second kappa shape index (κ2) is 7.31. The molecule has 1 fully saturated rings. The number of carbonyl (C=O) groups excluding carboxylic acids is 2. The number of rotatable bonds is 5. The van der Waals surface area contributed by atoms with Gasteiger partial charge in [0.05, 0.1) is 24.5 Å². The van der Waals surface area contributed by atoms with Gasteiger partial charge in [0.15, 0.2) is 12.1 Å². The first-order chi connectivity index (χ1) is 15.1. The van der Waals surface area contributed by atoms with E-state index in [9.17, 15) is 14.4 Å². The van der Waals surface area contributed by atoms with Gasteiger partial charge in [-0.1, -0.05) is 11.3 Å². The van der Waals surface area contributed by atoms with Crippen LogP contribution in [0.15, 0.2) is 69.9 Å². The van der Waals surface area contributed by atoms with Crippen molar-refractivity contribution in [3.05, 3.63) is 70.8 Å². The largest absolute Gasteiger partial charge is 0.494 e. The Bertz CT molecular complexity index is 1270. The Hall–Kier alpha value is -4.08. The molecule has 2 atom stereocenters. The van der Waals surface area contributed by atoms with Crippen molar-refractivity contribution in [2.75, 3.05) is 11.5 Å². The van der Waals surface area contributed by atoms with Crippen molar-refractivity contribution in [2.45, 2.75) is 25.6 Å². The molecular weight excluding hydrogens is 400 g/mol. The lowest BCUT2D eigenvalue weighted by Crippen LogP contribution is -2.39. The zero-order valence-corrected chi connectivity index (χ0v) is 16.6. The van der Waals surface area contributed by atoms with E-state index in [0.29, 0.717) is 29.4 Å². The number of ether oxygens (including phenoxy) is 1. The van der Waals surface area contributed by atoms with Gasteiger partial charge in [0.25, 0.3) is 17.4 Å². The maximum Gasteiger partial charge on any atom is 0.263 e. The van der Waals surface area contributed by atoms with E-state index in [0.717, 1.165) is 4.90 Å². The molecule has 0 aliphatic carbocycles. The van der Waals surface area contributed by atoms with Crippen LogP contribution >= 0.6 is 0 Å². The fraction of sp³-hybridized carbons (Fsp3) is 0.238. The highest BCUT2D eigenvalue weighted by Gasteiger charge is 2.54. The van der Waals surface area contributed by atoms with Crippen molar-refractivity contribution in [3.8, 4) is 5.75 Å². The van der Waals surface area contributed by atoms with Gasteiger partial charge in [-0.15, -0.1) is 0 Å². The second-order valence-electron chi connectivity index (χ2n) is 7.15. The molecular formula is C21H18N6O4. The summed E-state index contributed by atoms with van der Waals surface area (Å²) in [5, 5.41) is 9.45. The molecule has 1 aromatic carbocycles. The number of nitrogens with zero attached hydrogens (tertiary/aromatic N) is 6.